The van der Waals surface area contributed by atoms with Crippen LogP contribution in [-0.4, -0.2) is 37.8 Å². The van der Waals surface area contributed by atoms with E-state index in [0.29, 0.717) is 42.4 Å². The molecule has 7 heteroatoms. The van der Waals surface area contributed by atoms with Crippen molar-refractivity contribution < 1.29 is 28.9 Å². The molecule has 1 amide bonds. The largest absolute Gasteiger partial charge is 0.493 e. The molecular formula is C24H27NO6. The maximum atomic E-state index is 11.9. The molecular weight excluding hydrogens is 398 g/mol. The molecule has 0 saturated heterocycles. The smallest absolute Gasteiger partial charge is 0.303 e. The number of benzene rings is 2. The standard InChI is InChI=1S/C24H27NO6/c1-29-19-8-7-17(15-5-6-18-16(12-15)13-25-23(18)28)21(22(19)30-2)31-14-24(10-11-24)9-3-4-20(26)27/h5-8,12H,3-4,9-11,13-14H2,1-2H3,(H,25,28)(H,26,27). The van der Waals surface area contributed by atoms with Crippen LogP contribution in [-0.2, 0) is 11.3 Å². The zero-order valence-electron chi connectivity index (χ0n) is 17.8. The summed E-state index contributed by atoms with van der Waals surface area (Å²) in [5, 5.41) is 11.8. The Balaban J connectivity index is 1.63. The predicted octanol–water partition coefficient (Wildman–Crippen LogP) is 4.03. The molecule has 1 aliphatic heterocycles. The van der Waals surface area contributed by atoms with Crippen LogP contribution in [0.3, 0.4) is 0 Å². The van der Waals surface area contributed by atoms with Crippen LogP contribution < -0.4 is 19.5 Å². The van der Waals surface area contributed by atoms with Crippen molar-refractivity contribution in [2.24, 2.45) is 5.41 Å². The molecule has 164 valence electrons. The van der Waals surface area contributed by atoms with Crippen LogP contribution in [0.25, 0.3) is 11.1 Å². The van der Waals surface area contributed by atoms with Crippen LogP contribution in [0.2, 0.25) is 0 Å². The number of fused-ring (bicyclic) bond motifs is 1. The summed E-state index contributed by atoms with van der Waals surface area (Å²) in [7, 11) is 3.17. The fraction of sp³-hybridized carbons (Fsp3) is 0.417. The number of carboxylic acid groups (broad SMARTS) is 1. The van der Waals surface area contributed by atoms with Crippen molar-refractivity contribution in [2.75, 3.05) is 20.8 Å². The quantitative estimate of drug-likeness (QED) is 0.597. The Hall–Kier alpha value is -3.22. The molecule has 1 saturated carbocycles. The van der Waals surface area contributed by atoms with Crippen LogP contribution in [0.4, 0.5) is 0 Å². The highest BCUT2D eigenvalue weighted by Gasteiger charge is 2.43. The molecule has 2 aliphatic rings. The number of hydrogen-bond acceptors (Lipinski definition) is 5. The van der Waals surface area contributed by atoms with Crippen molar-refractivity contribution in [3.8, 4) is 28.4 Å². The van der Waals surface area contributed by atoms with Crippen molar-refractivity contribution in [2.45, 2.75) is 38.6 Å². The number of aliphatic carboxylic acids is 1. The average Bonchev–Trinajstić information content (AvgIpc) is 3.45. The SMILES string of the molecule is COc1ccc(-c2ccc3c(c2)CNC3=O)c(OCC2(CCCC(=O)O)CC2)c1OC. The molecule has 7 nitrogen and oxygen atoms in total. The van der Waals surface area contributed by atoms with E-state index >= 15 is 0 Å². The van der Waals surface area contributed by atoms with Crippen LogP contribution in [0.15, 0.2) is 30.3 Å². The molecule has 0 atom stereocenters. The first-order valence-corrected chi connectivity index (χ1v) is 10.5. The number of ether oxygens (including phenoxy) is 3. The number of hydrogen-bond donors (Lipinski definition) is 2. The van der Waals surface area contributed by atoms with Gasteiger partial charge in [-0.1, -0.05) is 6.07 Å². The normalized spacial score (nSPS) is 15.7. The molecule has 31 heavy (non-hydrogen) atoms. The topological polar surface area (TPSA) is 94.1 Å². The first kappa shape index (κ1) is 21.0. The Labute approximate surface area is 181 Å². The van der Waals surface area contributed by atoms with Crippen LogP contribution in [0.1, 0.15) is 48.0 Å². The van der Waals surface area contributed by atoms with Crippen molar-refractivity contribution in [1.82, 2.24) is 5.32 Å². The van der Waals surface area contributed by atoms with Gasteiger partial charge in [0, 0.05) is 29.5 Å². The summed E-state index contributed by atoms with van der Waals surface area (Å²) in [6.45, 7) is 1.01. The minimum atomic E-state index is -0.766. The summed E-state index contributed by atoms with van der Waals surface area (Å²) in [4.78, 5) is 22.8. The molecule has 0 spiro atoms. The van der Waals surface area contributed by atoms with Gasteiger partial charge in [0.05, 0.1) is 20.8 Å². The van der Waals surface area contributed by atoms with Gasteiger partial charge >= 0.3 is 5.97 Å². The second kappa shape index (κ2) is 8.49. The van der Waals surface area contributed by atoms with Crippen LogP contribution >= 0.6 is 0 Å². The van der Waals surface area contributed by atoms with E-state index in [-0.39, 0.29) is 17.7 Å². The molecule has 0 aromatic heterocycles. The Kier molecular flexibility index (Phi) is 5.76. The third kappa shape index (κ3) is 4.31. The van der Waals surface area contributed by atoms with Crippen molar-refractivity contribution >= 4 is 11.9 Å². The van der Waals surface area contributed by atoms with E-state index < -0.39 is 5.97 Å². The zero-order valence-corrected chi connectivity index (χ0v) is 17.8. The van der Waals surface area contributed by atoms with Crippen molar-refractivity contribution in [3.05, 3.63) is 41.5 Å². The van der Waals surface area contributed by atoms with Gasteiger partial charge in [-0.05, 0) is 61.1 Å². The minimum absolute atomic E-state index is 0.0229. The van der Waals surface area contributed by atoms with Crippen LogP contribution in [0, 0.1) is 5.41 Å². The minimum Gasteiger partial charge on any atom is -0.493 e. The number of rotatable bonds is 10. The first-order valence-electron chi connectivity index (χ1n) is 10.5. The van der Waals surface area contributed by atoms with E-state index in [4.69, 9.17) is 19.3 Å². The summed E-state index contributed by atoms with van der Waals surface area (Å²) in [5.74, 6) is 0.884. The van der Waals surface area contributed by atoms with E-state index in [1.165, 1.54) is 0 Å². The average molecular weight is 425 g/mol. The second-order valence-corrected chi connectivity index (χ2v) is 8.27. The summed E-state index contributed by atoms with van der Waals surface area (Å²) < 4.78 is 17.5. The molecule has 1 fully saturated rings. The van der Waals surface area contributed by atoms with Gasteiger partial charge < -0.3 is 24.6 Å². The lowest BCUT2D eigenvalue weighted by Gasteiger charge is -2.21. The van der Waals surface area contributed by atoms with E-state index in [1.807, 2.05) is 30.3 Å². The monoisotopic (exact) mass is 425 g/mol. The summed E-state index contributed by atoms with van der Waals surface area (Å²) >= 11 is 0. The molecule has 1 aliphatic carbocycles. The molecule has 2 aromatic carbocycles. The fourth-order valence-corrected chi connectivity index (χ4v) is 4.15. The van der Waals surface area contributed by atoms with Gasteiger partial charge in [-0.25, -0.2) is 0 Å². The molecule has 0 unspecified atom stereocenters. The number of carbonyl (C=O) groups excluding carboxylic acids is 1. The van der Waals surface area contributed by atoms with Gasteiger partial charge in [-0.2, -0.15) is 0 Å². The van der Waals surface area contributed by atoms with Crippen molar-refractivity contribution in [3.63, 3.8) is 0 Å². The summed E-state index contributed by atoms with van der Waals surface area (Å²) in [6, 6.07) is 9.53. The van der Waals surface area contributed by atoms with Gasteiger partial charge in [0.25, 0.3) is 5.91 Å². The molecule has 4 rings (SSSR count). The fourth-order valence-electron chi connectivity index (χ4n) is 4.15. The third-order valence-corrected chi connectivity index (χ3v) is 6.18. The third-order valence-electron chi connectivity index (χ3n) is 6.18. The highest BCUT2D eigenvalue weighted by Crippen LogP contribution is 2.52. The highest BCUT2D eigenvalue weighted by atomic mass is 16.5. The number of carboxylic acids is 1. The Morgan fingerprint density at radius 1 is 1.10 bits per heavy atom. The second-order valence-electron chi connectivity index (χ2n) is 8.27. The van der Waals surface area contributed by atoms with E-state index in [2.05, 4.69) is 5.32 Å². The van der Waals surface area contributed by atoms with Gasteiger partial charge in [0.15, 0.2) is 11.5 Å². The first-order chi connectivity index (χ1) is 15.0. The number of methoxy groups -OCH3 is 2. The Morgan fingerprint density at radius 2 is 1.87 bits per heavy atom. The molecule has 1 heterocycles. The van der Waals surface area contributed by atoms with Gasteiger partial charge in [-0.15, -0.1) is 0 Å². The van der Waals surface area contributed by atoms with E-state index in [1.54, 1.807) is 14.2 Å². The number of nitrogens with one attached hydrogen (secondary N) is 1. The Morgan fingerprint density at radius 3 is 2.55 bits per heavy atom. The summed E-state index contributed by atoms with van der Waals surface area (Å²) in [6.07, 6.45) is 3.71. The van der Waals surface area contributed by atoms with E-state index in [9.17, 15) is 9.59 Å². The number of amides is 1. The van der Waals surface area contributed by atoms with Crippen LogP contribution in [0.5, 0.6) is 17.2 Å². The molecule has 2 N–H and O–H groups in total. The lowest BCUT2D eigenvalue weighted by Crippen LogP contribution is -2.15. The number of carbonyl (C=O) groups is 2. The molecule has 0 bridgehead atoms. The molecule has 2 aromatic rings. The molecule has 0 radical (unpaired) electrons. The lowest BCUT2D eigenvalue weighted by atomic mass is 9.98. The summed E-state index contributed by atoms with van der Waals surface area (Å²) in [5.41, 5.74) is 3.47. The lowest BCUT2D eigenvalue weighted by molar-refractivity contribution is -0.137. The van der Waals surface area contributed by atoms with Crippen molar-refractivity contribution in [1.29, 1.82) is 0 Å². The Bertz CT molecular complexity index is 1010. The highest BCUT2D eigenvalue weighted by molar-refractivity contribution is 5.99. The van der Waals surface area contributed by atoms with Gasteiger partial charge in [-0.3, -0.25) is 9.59 Å². The maximum Gasteiger partial charge on any atom is 0.303 e. The predicted molar refractivity (Wildman–Crippen MR) is 115 cm³/mol. The zero-order chi connectivity index (χ0) is 22.0. The van der Waals surface area contributed by atoms with E-state index in [0.717, 1.165) is 36.0 Å². The van der Waals surface area contributed by atoms with Gasteiger partial charge in [0.2, 0.25) is 5.75 Å². The maximum absolute atomic E-state index is 11.9. The van der Waals surface area contributed by atoms with Gasteiger partial charge in [0.1, 0.15) is 0 Å².